The third kappa shape index (κ3) is 4.50. The Morgan fingerprint density at radius 1 is 1.11 bits per heavy atom. The number of nitrogens with one attached hydrogen (secondary N) is 2. The van der Waals surface area contributed by atoms with E-state index in [9.17, 15) is 8.42 Å². The largest absolute Gasteiger partial charge is 0.448 e. The van der Waals surface area contributed by atoms with Gasteiger partial charge >= 0.3 is 0 Å². The number of benzene rings is 1. The molecule has 0 aliphatic rings. The molecule has 0 unspecified atom stereocenters. The minimum atomic E-state index is -3.24. The first-order valence-electron chi connectivity index (χ1n) is 5.48. The molecule has 2 rings (SSSR count). The Morgan fingerprint density at radius 2 is 1.74 bits per heavy atom. The molecule has 1 heterocycles. The minimum absolute atomic E-state index is 0.351. The van der Waals surface area contributed by atoms with Crippen molar-refractivity contribution < 1.29 is 12.8 Å². The van der Waals surface area contributed by atoms with Crippen molar-refractivity contribution in [1.82, 2.24) is 0 Å². The van der Waals surface area contributed by atoms with Crippen molar-refractivity contribution in [1.29, 1.82) is 0 Å². The zero-order chi connectivity index (χ0) is 13.9. The van der Waals surface area contributed by atoms with Gasteiger partial charge in [-0.2, -0.15) is 0 Å². The van der Waals surface area contributed by atoms with E-state index in [1.54, 1.807) is 36.4 Å². The first-order chi connectivity index (χ1) is 8.92. The van der Waals surface area contributed by atoms with Crippen molar-refractivity contribution in [3.05, 3.63) is 47.4 Å². The van der Waals surface area contributed by atoms with E-state index in [1.807, 2.05) is 0 Å². The first-order valence-corrected chi connectivity index (χ1v) is 7.75. The maximum absolute atomic E-state index is 11.0. The lowest BCUT2D eigenvalue weighted by Crippen LogP contribution is -2.09. The zero-order valence-electron chi connectivity index (χ0n) is 10.2. The van der Waals surface area contributed by atoms with E-state index in [2.05, 4.69) is 10.0 Å². The highest BCUT2D eigenvalue weighted by Crippen LogP contribution is 2.17. The lowest BCUT2D eigenvalue weighted by molar-refractivity contribution is 0.520. The Labute approximate surface area is 116 Å². The Morgan fingerprint density at radius 3 is 2.26 bits per heavy atom. The van der Waals surface area contributed by atoms with Crippen LogP contribution in [-0.4, -0.2) is 14.7 Å². The maximum atomic E-state index is 11.0. The molecule has 0 atom stereocenters. The van der Waals surface area contributed by atoms with E-state index >= 15 is 0 Å². The molecule has 2 aromatic rings. The van der Waals surface area contributed by atoms with E-state index in [1.165, 1.54) is 0 Å². The number of anilines is 2. The first kappa shape index (κ1) is 13.8. The Hall–Kier alpha value is -1.66. The second-order valence-electron chi connectivity index (χ2n) is 4.01. The molecule has 0 saturated heterocycles. The molecule has 0 saturated carbocycles. The monoisotopic (exact) mass is 300 g/mol. The molecule has 0 fully saturated rings. The van der Waals surface area contributed by atoms with Crippen LogP contribution < -0.4 is 10.0 Å². The average Bonchev–Trinajstić information content (AvgIpc) is 2.72. The summed E-state index contributed by atoms with van der Waals surface area (Å²) in [6.07, 6.45) is 1.11. The summed E-state index contributed by atoms with van der Waals surface area (Å²) in [6, 6.07) is 10.4. The van der Waals surface area contributed by atoms with Crippen LogP contribution in [0.4, 0.5) is 11.4 Å². The predicted molar refractivity (Wildman–Crippen MR) is 76.0 cm³/mol. The predicted octanol–water partition coefficient (Wildman–Crippen LogP) is 2.92. The molecule has 0 aliphatic carbocycles. The summed E-state index contributed by atoms with van der Waals surface area (Å²) in [7, 11) is -3.24. The Balaban J connectivity index is 1.95. The third-order valence-electron chi connectivity index (χ3n) is 2.28. The van der Waals surface area contributed by atoms with Crippen molar-refractivity contribution in [3.63, 3.8) is 0 Å². The van der Waals surface area contributed by atoms with Gasteiger partial charge in [0.15, 0.2) is 5.22 Å². The van der Waals surface area contributed by atoms with Crippen molar-refractivity contribution in [2.24, 2.45) is 0 Å². The van der Waals surface area contributed by atoms with Gasteiger partial charge in [-0.05, 0) is 48.0 Å². The van der Waals surface area contributed by atoms with Crippen molar-refractivity contribution in [2.45, 2.75) is 6.54 Å². The van der Waals surface area contributed by atoms with E-state index < -0.39 is 10.0 Å². The summed E-state index contributed by atoms with van der Waals surface area (Å²) < 4.78 is 29.7. The number of furan rings is 1. The summed E-state index contributed by atoms with van der Waals surface area (Å²) in [4.78, 5) is 0. The van der Waals surface area contributed by atoms with Gasteiger partial charge in [-0.15, -0.1) is 0 Å². The fraction of sp³-hybridized carbons (Fsp3) is 0.167. The fourth-order valence-electron chi connectivity index (χ4n) is 1.51. The van der Waals surface area contributed by atoms with Gasteiger partial charge < -0.3 is 9.73 Å². The van der Waals surface area contributed by atoms with Crippen molar-refractivity contribution in [2.75, 3.05) is 16.3 Å². The molecule has 1 aromatic carbocycles. The molecule has 2 N–H and O–H groups in total. The Bertz CT molecular complexity index is 650. The van der Waals surface area contributed by atoms with Gasteiger partial charge in [-0.3, -0.25) is 4.72 Å². The van der Waals surface area contributed by atoms with Gasteiger partial charge in [0, 0.05) is 11.4 Å². The van der Waals surface area contributed by atoms with Crippen LogP contribution in [0.3, 0.4) is 0 Å². The van der Waals surface area contributed by atoms with Crippen LogP contribution in [0, 0.1) is 0 Å². The van der Waals surface area contributed by atoms with Crippen molar-refractivity contribution >= 4 is 33.0 Å². The van der Waals surface area contributed by atoms with Gasteiger partial charge in [0.1, 0.15) is 5.76 Å². The maximum Gasteiger partial charge on any atom is 0.229 e. The lowest BCUT2D eigenvalue weighted by atomic mass is 10.3. The van der Waals surface area contributed by atoms with E-state index in [0.29, 0.717) is 17.5 Å². The highest BCUT2D eigenvalue weighted by molar-refractivity contribution is 7.92. The molecule has 0 amide bonds. The summed E-state index contributed by atoms with van der Waals surface area (Å²) in [5, 5.41) is 3.49. The molecule has 19 heavy (non-hydrogen) atoms. The second kappa shape index (κ2) is 5.54. The third-order valence-corrected chi connectivity index (χ3v) is 3.09. The number of hydrogen-bond acceptors (Lipinski definition) is 4. The Kier molecular flexibility index (Phi) is 4.01. The highest BCUT2D eigenvalue weighted by atomic mass is 35.5. The van der Waals surface area contributed by atoms with Crippen molar-refractivity contribution in [3.8, 4) is 0 Å². The SMILES string of the molecule is CS(=O)(=O)Nc1ccc(NCc2ccc(Cl)o2)cc1. The highest BCUT2D eigenvalue weighted by Gasteiger charge is 2.02. The summed E-state index contributed by atoms with van der Waals surface area (Å²) in [6.45, 7) is 0.506. The summed E-state index contributed by atoms with van der Waals surface area (Å²) >= 11 is 5.66. The normalized spacial score (nSPS) is 11.3. The van der Waals surface area contributed by atoms with Crippen LogP contribution in [0.15, 0.2) is 40.8 Å². The minimum Gasteiger partial charge on any atom is -0.448 e. The molecule has 102 valence electrons. The van der Waals surface area contributed by atoms with Crippen LogP contribution >= 0.6 is 11.6 Å². The molecule has 1 aromatic heterocycles. The van der Waals surface area contributed by atoms with E-state index in [-0.39, 0.29) is 0 Å². The number of sulfonamides is 1. The number of rotatable bonds is 5. The topological polar surface area (TPSA) is 71.3 Å². The van der Waals surface area contributed by atoms with Crippen LogP contribution in [-0.2, 0) is 16.6 Å². The van der Waals surface area contributed by atoms with Gasteiger partial charge in [0.25, 0.3) is 0 Å². The van der Waals surface area contributed by atoms with Gasteiger partial charge in [0.05, 0.1) is 12.8 Å². The molecule has 5 nitrogen and oxygen atoms in total. The average molecular weight is 301 g/mol. The molecular formula is C12H13ClN2O3S. The van der Waals surface area contributed by atoms with E-state index in [0.717, 1.165) is 17.7 Å². The van der Waals surface area contributed by atoms with E-state index in [4.69, 9.17) is 16.0 Å². The van der Waals surface area contributed by atoms with Crippen LogP contribution in [0.5, 0.6) is 0 Å². The van der Waals surface area contributed by atoms with Crippen LogP contribution in [0.2, 0.25) is 5.22 Å². The second-order valence-corrected chi connectivity index (χ2v) is 6.13. The fourth-order valence-corrected chi connectivity index (χ4v) is 2.23. The summed E-state index contributed by atoms with van der Waals surface area (Å²) in [5.74, 6) is 0.725. The van der Waals surface area contributed by atoms with Crippen LogP contribution in [0.25, 0.3) is 0 Å². The molecule has 0 radical (unpaired) electrons. The van der Waals surface area contributed by atoms with Gasteiger partial charge in [-0.25, -0.2) is 8.42 Å². The van der Waals surface area contributed by atoms with Gasteiger partial charge in [-0.1, -0.05) is 0 Å². The quantitative estimate of drug-likeness (QED) is 0.890. The summed E-state index contributed by atoms with van der Waals surface area (Å²) in [5.41, 5.74) is 1.38. The molecule has 0 bridgehead atoms. The molecule has 0 spiro atoms. The number of hydrogen-bond donors (Lipinski definition) is 2. The zero-order valence-corrected chi connectivity index (χ0v) is 11.8. The van der Waals surface area contributed by atoms with Gasteiger partial charge in [0.2, 0.25) is 10.0 Å². The standard InChI is InChI=1S/C12H13ClN2O3S/c1-19(16,17)15-10-4-2-9(3-5-10)14-8-11-6-7-12(13)18-11/h2-7,14-15H,8H2,1H3. The van der Waals surface area contributed by atoms with Crippen LogP contribution in [0.1, 0.15) is 5.76 Å². The molecule has 0 aliphatic heterocycles. The lowest BCUT2D eigenvalue weighted by Gasteiger charge is -2.07. The number of halogens is 1. The smallest absolute Gasteiger partial charge is 0.229 e. The molecular weight excluding hydrogens is 288 g/mol. The molecule has 7 heteroatoms.